The first-order valence-corrected chi connectivity index (χ1v) is 5.61. The molecule has 0 saturated carbocycles. The van der Waals surface area contributed by atoms with Gasteiger partial charge in [-0.15, -0.1) is 0 Å². The Morgan fingerprint density at radius 2 is 2.38 bits per heavy atom. The normalized spacial score (nSPS) is 10.6. The van der Waals surface area contributed by atoms with Crippen molar-refractivity contribution in [1.29, 1.82) is 0 Å². The van der Waals surface area contributed by atoms with Crippen molar-refractivity contribution in [3.8, 4) is 0 Å². The van der Waals surface area contributed by atoms with Crippen LogP contribution in [0.1, 0.15) is 24.9 Å². The molecule has 0 fully saturated rings. The van der Waals surface area contributed by atoms with Crippen LogP contribution in [-0.2, 0) is 13.0 Å². The quantitative estimate of drug-likeness (QED) is 0.820. The van der Waals surface area contributed by atoms with Gasteiger partial charge in [0.05, 0.1) is 12.2 Å². The van der Waals surface area contributed by atoms with Crippen molar-refractivity contribution < 1.29 is 0 Å². The number of aryl methyl sites for hydroxylation is 1. The molecule has 2 aromatic heterocycles. The summed E-state index contributed by atoms with van der Waals surface area (Å²) in [6, 6.07) is 1.88. The van der Waals surface area contributed by atoms with E-state index in [1.807, 2.05) is 10.6 Å². The van der Waals surface area contributed by atoms with Crippen LogP contribution in [0.4, 0.5) is 0 Å². The molecule has 0 aliphatic rings. The number of aromatic nitrogens is 5. The Morgan fingerprint density at radius 3 is 3.06 bits per heavy atom. The van der Waals surface area contributed by atoms with Crippen LogP contribution < -0.4 is 0 Å². The van der Waals surface area contributed by atoms with Gasteiger partial charge in [0, 0.05) is 12.6 Å². The summed E-state index contributed by atoms with van der Waals surface area (Å²) in [5.41, 5.74) is 0.935. The summed E-state index contributed by atoms with van der Waals surface area (Å²) in [5, 5.41) is 7.02. The molecular formula is C10H13N5S. The Kier molecular flexibility index (Phi) is 3.40. The fourth-order valence-corrected chi connectivity index (χ4v) is 1.72. The predicted octanol–water partition coefficient (Wildman–Crippen LogP) is 1.73. The molecule has 0 amide bonds. The lowest BCUT2D eigenvalue weighted by atomic mass is 10.3. The Balaban J connectivity index is 2.27. The van der Waals surface area contributed by atoms with Gasteiger partial charge >= 0.3 is 0 Å². The zero-order chi connectivity index (χ0) is 11.4. The van der Waals surface area contributed by atoms with Crippen LogP contribution in [0.15, 0.2) is 18.6 Å². The first kappa shape index (κ1) is 10.9. The van der Waals surface area contributed by atoms with E-state index in [0.717, 1.165) is 24.4 Å². The second-order valence-electron chi connectivity index (χ2n) is 3.48. The van der Waals surface area contributed by atoms with Gasteiger partial charge in [-0.2, -0.15) is 5.10 Å². The van der Waals surface area contributed by atoms with E-state index >= 15 is 0 Å². The summed E-state index contributed by atoms with van der Waals surface area (Å²) < 4.78 is 2.61. The second kappa shape index (κ2) is 4.98. The molecule has 2 rings (SSSR count). The third-order valence-electron chi connectivity index (χ3n) is 2.27. The van der Waals surface area contributed by atoms with Gasteiger partial charge in [-0.1, -0.05) is 6.92 Å². The zero-order valence-corrected chi connectivity index (χ0v) is 9.87. The van der Waals surface area contributed by atoms with E-state index in [2.05, 4.69) is 27.1 Å². The molecule has 5 nitrogen and oxygen atoms in total. The van der Waals surface area contributed by atoms with E-state index in [9.17, 15) is 0 Å². The molecule has 6 heteroatoms. The van der Waals surface area contributed by atoms with Crippen molar-refractivity contribution in [2.45, 2.75) is 26.3 Å². The molecule has 1 N–H and O–H groups in total. The summed E-state index contributed by atoms with van der Waals surface area (Å²) >= 11 is 5.19. The van der Waals surface area contributed by atoms with E-state index < -0.39 is 0 Å². The van der Waals surface area contributed by atoms with Crippen molar-refractivity contribution in [2.75, 3.05) is 0 Å². The van der Waals surface area contributed by atoms with Gasteiger partial charge in [0.25, 0.3) is 0 Å². The number of nitrogens with one attached hydrogen (secondary N) is 1. The molecule has 16 heavy (non-hydrogen) atoms. The van der Waals surface area contributed by atoms with Crippen molar-refractivity contribution in [1.82, 2.24) is 24.7 Å². The zero-order valence-electron chi connectivity index (χ0n) is 9.05. The van der Waals surface area contributed by atoms with Crippen LogP contribution in [0.5, 0.6) is 0 Å². The van der Waals surface area contributed by atoms with Crippen molar-refractivity contribution in [3.05, 3.63) is 34.9 Å². The summed E-state index contributed by atoms with van der Waals surface area (Å²) in [6.45, 7) is 2.76. The van der Waals surface area contributed by atoms with E-state index in [1.54, 1.807) is 12.5 Å². The van der Waals surface area contributed by atoms with Gasteiger partial charge in [0.1, 0.15) is 12.2 Å². The maximum atomic E-state index is 5.19. The first-order valence-electron chi connectivity index (χ1n) is 5.20. The molecule has 0 atom stereocenters. The molecule has 0 bridgehead atoms. The molecule has 0 saturated heterocycles. The number of hydrogen-bond acceptors (Lipinski definition) is 4. The SMILES string of the molecule is CCCc1n[nH]c(=S)n1Cc1ccncn1. The van der Waals surface area contributed by atoms with Crippen LogP contribution >= 0.6 is 12.2 Å². The number of nitrogens with zero attached hydrogens (tertiary/aromatic N) is 4. The minimum Gasteiger partial charge on any atom is -0.298 e. The van der Waals surface area contributed by atoms with Crippen LogP contribution in [0.3, 0.4) is 0 Å². The molecule has 2 aromatic rings. The summed E-state index contributed by atoms with van der Waals surface area (Å²) in [7, 11) is 0. The molecule has 0 unspecified atom stereocenters. The standard InChI is InChI=1S/C10H13N5S/c1-2-3-9-13-14-10(16)15(9)6-8-4-5-11-7-12-8/h4-5,7H,2-3,6H2,1H3,(H,14,16). The van der Waals surface area contributed by atoms with Crippen molar-refractivity contribution in [2.24, 2.45) is 0 Å². The Bertz CT molecular complexity index is 501. The smallest absolute Gasteiger partial charge is 0.195 e. The molecule has 0 aliphatic carbocycles. The predicted molar refractivity (Wildman–Crippen MR) is 62.5 cm³/mol. The number of H-pyrrole nitrogens is 1. The molecular weight excluding hydrogens is 222 g/mol. The molecule has 2 heterocycles. The lowest BCUT2D eigenvalue weighted by molar-refractivity contribution is 0.685. The average Bonchev–Trinajstić information content (AvgIpc) is 2.64. The Hall–Kier alpha value is -1.56. The molecule has 0 aliphatic heterocycles. The molecule has 84 valence electrons. The van der Waals surface area contributed by atoms with Gasteiger partial charge in [-0.05, 0) is 24.7 Å². The highest BCUT2D eigenvalue weighted by Crippen LogP contribution is 2.04. The number of hydrogen-bond donors (Lipinski definition) is 1. The highest BCUT2D eigenvalue weighted by molar-refractivity contribution is 7.71. The summed E-state index contributed by atoms with van der Waals surface area (Å²) in [6.07, 6.45) is 5.23. The lowest BCUT2D eigenvalue weighted by Gasteiger charge is -2.04. The number of rotatable bonds is 4. The highest BCUT2D eigenvalue weighted by Gasteiger charge is 2.05. The molecule has 0 radical (unpaired) electrons. The van der Waals surface area contributed by atoms with E-state index in [4.69, 9.17) is 12.2 Å². The van der Waals surface area contributed by atoms with Gasteiger partial charge in [0.15, 0.2) is 4.77 Å². The van der Waals surface area contributed by atoms with E-state index in [-0.39, 0.29) is 0 Å². The molecule has 0 aromatic carbocycles. The second-order valence-corrected chi connectivity index (χ2v) is 3.87. The van der Waals surface area contributed by atoms with E-state index in [0.29, 0.717) is 11.3 Å². The average molecular weight is 235 g/mol. The van der Waals surface area contributed by atoms with Crippen molar-refractivity contribution in [3.63, 3.8) is 0 Å². The number of aromatic amines is 1. The Labute approximate surface area is 98.6 Å². The monoisotopic (exact) mass is 235 g/mol. The first-order chi connectivity index (χ1) is 7.81. The largest absolute Gasteiger partial charge is 0.298 e. The topological polar surface area (TPSA) is 59.4 Å². The fourth-order valence-electron chi connectivity index (χ4n) is 1.50. The Morgan fingerprint density at radius 1 is 1.50 bits per heavy atom. The van der Waals surface area contributed by atoms with Gasteiger partial charge < -0.3 is 0 Å². The summed E-state index contributed by atoms with van der Waals surface area (Å²) in [4.78, 5) is 8.06. The van der Waals surface area contributed by atoms with Gasteiger partial charge in [0.2, 0.25) is 0 Å². The highest BCUT2D eigenvalue weighted by atomic mass is 32.1. The van der Waals surface area contributed by atoms with Crippen LogP contribution in [0.2, 0.25) is 0 Å². The van der Waals surface area contributed by atoms with Crippen LogP contribution in [0, 0.1) is 4.77 Å². The molecule has 0 spiro atoms. The van der Waals surface area contributed by atoms with Crippen LogP contribution in [0.25, 0.3) is 0 Å². The minimum atomic E-state index is 0.641. The minimum absolute atomic E-state index is 0.641. The van der Waals surface area contributed by atoms with Gasteiger partial charge in [-0.3, -0.25) is 9.67 Å². The van der Waals surface area contributed by atoms with Crippen molar-refractivity contribution >= 4 is 12.2 Å². The van der Waals surface area contributed by atoms with Crippen LogP contribution in [-0.4, -0.2) is 24.7 Å². The van der Waals surface area contributed by atoms with E-state index in [1.165, 1.54) is 0 Å². The summed E-state index contributed by atoms with van der Waals surface area (Å²) in [5.74, 6) is 0.978. The maximum absolute atomic E-state index is 5.19. The third-order valence-corrected chi connectivity index (χ3v) is 2.59. The maximum Gasteiger partial charge on any atom is 0.195 e. The third kappa shape index (κ3) is 2.33. The lowest BCUT2D eigenvalue weighted by Crippen LogP contribution is -2.06. The van der Waals surface area contributed by atoms with Gasteiger partial charge in [-0.25, -0.2) is 9.97 Å². The fraction of sp³-hybridized carbons (Fsp3) is 0.400.